The minimum atomic E-state index is 0.314. The van der Waals surface area contributed by atoms with E-state index in [1.165, 1.54) is 6.42 Å². The summed E-state index contributed by atoms with van der Waals surface area (Å²) in [6.45, 7) is 11.0. The van der Waals surface area contributed by atoms with E-state index in [9.17, 15) is 0 Å². The van der Waals surface area contributed by atoms with Crippen LogP contribution in [0.2, 0.25) is 0 Å². The highest BCUT2D eigenvalue weighted by Gasteiger charge is 2.14. The topological polar surface area (TPSA) is 12.0 Å². The zero-order valence-corrected chi connectivity index (χ0v) is 7.28. The predicted molar refractivity (Wildman–Crippen MR) is 42.6 cm³/mol. The molecule has 0 rings (SSSR count). The van der Waals surface area contributed by atoms with Crippen LogP contribution in [0.4, 0.5) is 0 Å². The molecule has 0 aromatic rings. The van der Waals surface area contributed by atoms with Crippen molar-refractivity contribution in [2.45, 2.75) is 52.6 Å². The van der Waals surface area contributed by atoms with Gasteiger partial charge in [-0.3, -0.25) is 0 Å². The van der Waals surface area contributed by atoms with Gasteiger partial charge in [0.1, 0.15) is 0 Å². The van der Waals surface area contributed by atoms with Gasteiger partial charge >= 0.3 is 0 Å². The van der Waals surface area contributed by atoms with Gasteiger partial charge in [-0.05, 0) is 20.3 Å². The van der Waals surface area contributed by atoms with E-state index in [0.717, 1.165) is 0 Å². The number of hydrogen-bond acceptors (Lipinski definition) is 1. The maximum absolute atomic E-state index is 3.47. The highest BCUT2D eigenvalue weighted by molar-refractivity contribution is 4.76. The monoisotopic (exact) mass is 129 g/mol. The summed E-state index contributed by atoms with van der Waals surface area (Å²) in [4.78, 5) is 0. The van der Waals surface area contributed by atoms with Crippen LogP contribution in [0.3, 0.4) is 0 Å². The number of hydrogen-bond donors (Lipinski definition) is 1. The molecular formula is C8H19N. The van der Waals surface area contributed by atoms with Crippen molar-refractivity contribution in [3.8, 4) is 0 Å². The molecule has 0 aliphatic heterocycles. The molecule has 0 bridgehead atoms. The van der Waals surface area contributed by atoms with E-state index in [1.807, 2.05) is 0 Å². The molecule has 0 heterocycles. The Morgan fingerprint density at radius 1 is 1.33 bits per heavy atom. The van der Waals surface area contributed by atoms with Crippen molar-refractivity contribution in [3.05, 3.63) is 0 Å². The molecular weight excluding hydrogens is 110 g/mol. The van der Waals surface area contributed by atoms with E-state index < -0.39 is 0 Å². The molecule has 0 aromatic heterocycles. The molecule has 0 aromatic carbocycles. The molecule has 56 valence electrons. The fraction of sp³-hybridized carbons (Fsp3) is 1.00. The van der Waals surface area contributed by atoms with Gasteiger partial charge in [0.15, 0.2) is 0 Å². The molecule has 9 heavy (non-hydrogen) atoms. The van der Waals surface area contributed by atoms with Crippen LogP contribution in [-0.2, 0) is 0 Å². The molecule has 0 aliphatic rings. The molecule has 0 spiro atoms. The fourth-order valence-corrected chi connectivity index (χ4v) is 0.884. The standard InChI is InChI=1S/C8H19N/c1-6-8(4,5)9-7(2)3/h7,9H,6H2,1-5H3. The van der Waals surface area contributed by atoms with Gasteiger partial charge in [0.25, 0.3) is 0 Å². The normalized spacial score (nSPS) is 12.7. The Morgan fingerprint density at radius 2 is 1.78 bits per heavy atom. The van der Waals surface area contributed by atoms with Crippen molar-refractivity contribution < 1.29 is 0 Å². The van der Waals surface area contributed by atoms with Crippen LogP contribution >= 0.6 is 0 Å². The lowest BCUT2D eigenvalue weighted by Crippen LogP contribution is -2.42. The average molecular weight is 129 g/mol. The van der Waals surface area contributed by atoms with Gasteiger partial charge in [-0.15, -0.1) is 0 Å². The molecule has 1 N–H and O–H groups in total. The third-order valence-corrected chi connectivity index (χ3v) is 1.56. The van der Waals surface area contributed by atoms with Crippen LogP contribution in [0.1, 0.15) is 41.0 Å². The molecule has 0 amide bonds. The van der Waals surface area contributed by atoms with Crippen molar-refractivity contribution in [1.82, 2.24) is 5.32 Å². The molecule has 0 radical (unpaired) electrons. The maximum atomic E-state index is 3.47. The van der Waals surface area contributed by atoms with Crippen LogP contribution in [0.25, 0.3) is 0 Å². The van der Waals surface area contributed by atoms with Gasteiger partial charge in [0.05, 0.1) is 0 Å². The van der Waals surface area contributed by atoms with Gasteiger partial charge in [0.2, 0.25) is 0 Å². The van der Waals surface area contributed by atoms with E-state index in [2.05, 4.69) is 39.9 Å². The van der Waals surface area contributed by atoms with Crippen LogP contribution in [0.15, 0.2) is 0 Å². The largest absolute Gasteiger partial charge is 0.310 e. The van der Waals surface area contributed by atoms with E-state index in [4.69, 9.17) is 0 Å². The molecule has 0 saturated heterocycles. The molecule has 0 atom stereocenters. The van der Waals surface area contributed by atoms with Crippen LogP contribution in [0, 0.1) is 0 Å². The third-order valence-electron chi connectivity index (χ3n) is 1.56. The van der Waals surface area contributed by atoms with Crippen molar-refractivity contribution in [2.24, 2.45) is 0 Å². The van der Waals surface area contributed by atoms with E-state index in [-0.39, 0.29) is 0 Å². The first-order chi connectivity index (χ1) is 3.98. The Balaban J connectivity index is 3.58. The van der Waals surface area contributed by atoms with Gasteiger partial charge in [-0.25, -0.2) is 0 Å². The summed E-state index contributed by atoms with van der Waals surface area (Å²) in [6.07, 6.45) is 1.19. The average Bonchev–Trinajstić information content (AvgIpc) is 1.63. The lowest BCUT2D eigenvalue weighted by molar-refractivity contribution is 0.345. The summed E-state index contributed by atoms with van der Waals surface area (Å²) < 4.78 is 0. The van der Waals surface area contributed by atoms with E-state index in [1.54, 1.807) is 0 Å². The summed E-state index contributed by atoms with van der Waals surface area (Å²) in [5, 5.41) is 3.47. The van der Waals surface area contributed by atoms with E-state index >= 15 is 0 Å². The zero-order chi connectivity index (χ0) is 7.49. The van der Waals surface area contributed by atoms with Crippen LogP contribution < -0.4 is 5.32 Å². The van der Waals surface area contributed by atoms with Crippen LogP contribution in [0.5, 0.6) is 0 Å². The molecule has 0 aliphatic carbocycles. The molecule has 1 heteroatoms. The van der Waals surface area contributed by atoms with Gasteiger partial charge < -0.3 is 5.32 Å². The lowest BCUT2D eigenvalue weighted by atomic mass is 10.0. The van der Waals surface area contributed by atoms with Crippen LogP contribution in [-0.4, -0.2) is 11.6 Å². The SMILES string of the molecule is CCC(C)(C)NC(C)C. The van der Waals surface area contributed by atoms with E-state index in [0.29, 0.717) is 11.6 Å². The Labute approximate surface area is 58.8 Å². The summed E-state index contributed by atoms with van der Waals surface area (Å²) in [5.41, 5.74) is 0.314. The third kappa shape index (κ3) is 4.46. The fourth-order valence-electron chi connectivity index (χ4n) is 0.884. The van der Waals surface area contributed by atoms with Crippen molar-refractivity contribution >= 4 is 0 Å². The quantitative estimate of drug-likeness (QED) is 0.616. The minimum Gasteiger partial charge on any atom is -0.310 e. The second-order valence-corrected chi connectivity index (χ2v) is 3.54. The summed E-state index contributed by atoms with van der Waals surface area (Å²) >= 11 is 0. The van der Waals surface area contributed by atoms with Crippen molar-refractivity contribution in [3.63, 3.8) is 0 Å². The van der Waals surface area contributed by atoms with Gasteiger partial charge in [0, 0.05) is 11.6 Å². The molecule has 1 nitrogen and oxygen atoms in total. The first-order valence-corrected chi connectivity index (χ1v) is 3.75. The second kappa shape index (κ2) is 3.21. The Kier molecular flexibility index (Phi) is 3.20. The van der Waals surface area contributed by atoms with Gasteiger partial charge in [-0.2, -0.15) is 0 Å². The summed E-state index contributed by atoms with van der Waals surface area (Å²) in [5.74, 6) is 0. The van der Waals surface area contributed by atoms with Crippen molar-refractivity contribution in [1.29, 1.82) is 0 Å². The van der Waals surface area contributed by atoms with Gasteiger partial charge in [-0.1, -0.05) is 20.8 Å². The Hall–Kier alpha value is -0.0400. The zero-order valence-electron chi connectivity index (χ0n) is 7.28. The predicted octanol–water partition coefficient (Wildman–Crippen LogP) is 2.17. The lowest BCUT2D eigenvalue weighted by Gasteiger charge is -2.27. The Bertz CT molecular complexity index is 74.6. The Morgan fingerprint density at radius 3 is 1.89 bits per heavy atom. The highest BCUT2D eigenvalue weighted by Crippen LogP contribution is 2.07. The smallest absolute Gasteiger partial charge is 0.0124 e. The first-order valence-electron chi connectivity index (χ1n) is 3.75. The molecule has 0 unspecified atom stereocenters. The maximum Gasteiger partial charge on any atom is 0.0124 e. The summed E-state index contributed by atoms with van der Waals surface area (Å²) in [7, 11) is 0. The highest BCUT2D eigenvalue weighted by atomic mass is 15.0. The molecule has 0 fully saturated rings. The molecule has 0 saturated carbocycles. The summed E-state index contributed by atoms with van der Waals surface area (Å²) in [6, 6.07) is 0.597. The number of rotatable bonds is 3. The van der Waals surface area contributed by atoms with Crippen molar-refractivity contribution in [2.75, 3.05) is 0 Å². The first kappa shape index (κ1) is 8.96. The second-order valence-electron chi connectivity index (χ2n) is 3.54. The number of nitrogens with one attached hydrogen (secondary N) is 1. The minimum absolute atomic E-state index is 0.314.